The van der Waals surface area contributed by atoms with Crippen LogP contribution in [-0.4, -0.2) is 0 Å². The summed E-state index contributed by atoms with van der Waals surface area (Å²) < 4.78 is 0. The third kappa shape index (κ3) is 4.33. The molecule has 5 aromatic carbocycles. The molecule has 5 aromatic rings. The number of nitrogens with zero attached hydrogens (tertiary/aromatic N) is 2. The maximum atomic E-state index is 9.63. The van der Waals surface area contributed by atoms with Gasteiger partial charge in [-0.05, 0) is 82.9 Å². The van der Waals surface area contributed by atoms with Gasteiger partial charge in [0.2, 0.25) is 0 Å². The molecule has 0 amide bonds. The third-order valence-corrected chi connectivity index (χ3v) is 6.01. The standard InChI is InChI=1S/C32H24N2/c1-24-9-8-14-31-27(23-33)21-26(22-32(24)31)16-15-25-17-19-30(20-18-25)34(28-10-4-2-5-11-28)29-12-6-3-7-13-29/h2-22H,1H3. The lowest BCUT2D eigenvalue weighted by molar-refractivity contribution is 1.28. The normalized spacial score (nSPS) is 10.9. The van der Waals surface area contributed by atoms with E-state index in [2.05, 4.69) is 115 Å². The predicted molar refractivity (Wildman–Crippen MR) is 143 cm³/mol. The van der Waals surface area contributed by atoms with E-state index in [0.29, 0.717) is 5.56 Å². The summed E-state index contributed by atoms with van der Waals surface area (Å²) in [5.41, 5.74) is 7.35. The Morgan fingerprint density at radius 3 is 1.79 bits per heavy atom. The van der Waals surface area contributed by atoms with Gasteiger partial charge in [0.25, 0.3) is 0 Å². The van der Waals surface area contributed by atoms with Gasteiger partial charge in [0.15, 0.2) is 0 Å². The zero-order chi connectivity index (χ0) is 23.3. The molecule has 0 radical (unpaired) electrons. The summed E-state index contributed by atoms with van der Waals surface area (Å²) in [7, 11) is 0. The first-order chi connectivity index (χ1) is 16.7. The molecule has 0 saturated heterocycles. The number of rotatable bonds is 5. The Kier molecular flexibility index (Phi) is 5.93. The van der Waals surface area contributed by atoms with E-state index in [9.17, 15) is 5.26 Å². The van der Waals surface area contributed by atoms with Crippen LogP contribution in [0.25, 0.3) is 22.9 Å². The summed E-state index contributed by atoms with van der Waals surface area (Å²) in [5, 5.41) is 11.8. The molecular formula is C32H24N2. The Morgan fingerprint density at radius 2 is 1.18 bits per heavy atom. The number of benzene rings is 5. The predicted octanol–water partition coefficient (Wildman–Crippen LogP) is 8.66. The van der Waals surface area contributed by atoms with E-state index in [1.165, 1.54) is 5.56 Å². The first-order valence-corrected chi connectivity index (χ1v) is 11.3. The van der Waals surface area contributed by atoms with Gasteiger partial charge in [-0.1, -0.05) is 78.9 Å². The van der Waals surface area contributed by atoms with Crippen molar-refractivity contribution in [3.63, 3.8) is 0 Å². The van der Waals surface area contributed by atoms with E-state index in [1.807, 2.05) is 30.3 Å². The molecular weight excluding hydrogens is 412 g/mol. The van der Waals surface area contributed by atoms with Gasteiger partial charge in [0, 0.05) is 17.1 Å². The Morgan fingerprint density at radius 1 is 0.588 bits per heavy atom. The highest BCUT2D eigenvalue weighted by Crippen LogP contribution is 2.34. The Balaban J connectivity index is 1.46. The van der Waals surface area contributed by atoms with Crippen LogP contribution in [0.15, 0.2) is 115 Å². The lowest BCUT2D eigenvalue weighted by Crippen LogP contribution is -2.09. The number of aryl methyl sites for hydroxylation is 1. The highest BCUT2D eigenvalue weighted by molar-refractivity contribution is 5.93. The van der Waals surface area contributed by atoms with Crippen molar-refractivity contribution in [3.8, 4) is 6.07 Å². The highest BCUT2D eigenvalue weighted by atomic mass is 15.1. The number of nitriles is 1. The van der Waals surface area contributed by atoms with Gasteiger partial charge in [-0.15, -0.1) is 0 Å². The van der Waals surface area contributed by atoms with Crippen LogP contribution < -0.4 is 4.90 Å². The summed E-state index contributed by atoms with van der Waals surface area (Å²) in [4.78, 5) is 2.25. The average Bonchev–Trinajstić information content (AvgIpc) is 2.89. The summed E-state index contributed by atoms with van der Waals surface area (Å²) >= 11 is 0. The molecule has 0 heterocycles. The second-order valence-corrected chi connectivity index (χ2v) is 8.28. The van der Waals surface area contributed by atoms with Crippen molar-refractivity contribution in [1.29, 1.82) is 5.26 Å². The Labute approximate surface area is 200 Å². The van der Waals surface area contributed by atoms with Crippen molar-refractivity contribution in [3.05, 3.63) is 138 Å². The van der Waals surface area contributed by atoms with Gasteiger partial charge in [-0.2, -0.15) is 5.26 Å². The smallest absolute Gasteiger partial charge is 0.0998 e. The maximum absolute atomic E-state index is 9.63. The van der Waals surface area contributed by atoms with E-state index >= 15 is 0 Å². The van der Waals surface area contributed by atoms with Gasteiger partial charge in [-0.25, -0.2) is 0 Å². The summed E-state index contributed by atoms with van der Waals surface area (Å²) in [6.45, 7) is 2.08. The Hall–Kier alpha value is -4.61. The fourth-order valence-corrected chi connectivity index (χ4v) is 4.28. The van der Waals surface area contributed by atoms with Gasteiger partial charge < -0.3 is 4.90 Å². The molecule has 0 aliphatic carbocycles. The number of anilines is 3. The van der Waals surface area contributed by atoms with E-state index in [1.54, 1.807) is 0 Å². The van der Waals surface area contributed by atoms with Crippen molar-refractivity contribution in [2.24, 2.45) is 0 Å². The van der Waals surface area contributed by atoms with Crippen LogP contribution in [-0.2, 0) is 0 Å². The molecule has 0 aliphatic heterocycles. The molecule has 0 aliphatic rings. The lowest BCUT2D eigenvalue weighted by Gasteiger charge is -2.25. The minimum absolute atomic E-state index is 0.706. The first kappa shape index (κ1) is 21.2. The molecule has 2 heteroatoms. The van der Waals surface area contributed by atoms with Crippen molar-refractivity contribution < 1.29 is 0 Å². The van der Waals surface area contributed by atoms with Gasteiger partial charge in [0.1, 0.15) is 0 Å². The minimum atomic E-state index is 0.706. The molecule has 162 valence electrons. The molecule has 0 aromatic heterocycles. The van der Waals surface area contributed by atoms with Crippen LogP contribution in [0.4, 0.5) is 17.1 Å². The average molecular weight is 437 g/mol. The van der Waals surface area contributed by atoms with Gasteiger partial charge in [-0.3, -0.25) is 0 Å². The molecule has 0 unspecified atom stereocenters. The van der Waals surface area contributed by atoms with E-state index in [4.69, 9.17) is 0 Å². The topological polar surface area (TPSA) is 27.0 Å². The summed E-state index contributed by atoms with van der Waals surface area (Å²) in [6, 6.07) is 41.9. The van der Waals surface area contributed by atoms with Crippen LogP contribution in [0.5, 0.6) is 0 Å². The quantitative estimate of drug-likeness (QED) is 0.258. The second-order valence-electron chi connectivity index (χ2n) is 8.28. The second kappa shape index (κ2) is 9.48. The fourth-order valence-electron chi connectivity index (χ4n) is 4.28. The van der Waals surface area contributed by atoms with Gasteiger partial charge >= 0.3 is 0 Å². The number of fused-ring (bicyclic) bond motifs is 1. The first-order valence-electron chi connectivity index (χ1n) is 11.3. The fraction of sp³-hybridized carbons (Fsp3) is 0.0312. The zero-order valence-corrected chi connectivity index (χ0v) is 19.0. The monoisotopic (exact) mass is 436 g/mol. The molecule has 5 rings (SSSR count). The SMILES string of the molecule is Cc1cccc2c(C#N)cc(C=Cc3ccc(N(c4ccccc4)c4ccccc4)cc3)cc12. The maximum Gasteiger partial charge on any atom is 0.0998 e. The van der Waals surface area contributed by atoms with Crippen molar-refractivity contribution in [1.82, 2.24) is 0 Å². The largest absolute Gasteiger partial charge is 0.311 e. The Bertz CT molecular complexity index is 1450. The van der Waals surface area contributed by atoms with Crippen LogP contribution in [0.1, 0.15) is 22.3 Å². The molecule has 0 fully saturated rings. The van der Waals surface area contributed by atoms with E-state index < -0.39 is 0 Å². The van der Waals surface area contributed by atoms with Crippen molar-refractivity contribution >= 4 is 40.0 Å². The van der Waals surface area contributed by atoms with Gasteiger partial charge in [0.05, 0.1) is 11.6 Å². The zero-order valence-electron chi connectivity index (χ0n) is 19.0. The molecule has 0 spiro atoms. The molecule has 0 atom stereocenters. The third-order valence-electron chi connectivity index (χ3n) is 6.01. The molecule has 34 heavy (non-hydrogen) atoms. The molecule has 0 saturated carbocycles. The van der Waals surface area contributed by atoms with Crippen LogP contribution in [0, 0.1) is 18.3 Å². The van der Waals surface area contributed by atoms with Crippen LogP contribution in [0.3, 0.4) is 0 Å². The van der Waals surface area contributed by atoms with Crippen LogP contribution >= 0.6 is 0 Å². The lowest BCUT2D eigenvalue weighted by atomic mass is 9.98. The highest BCUT2D eigenvalue weighted by Gasteiger charge is 2.11. The van der Waals surface area contributed by atoms with E-state index in [-0.39, 0.29) is 0 Å². The van der Waals surface area contributed by atoms with Crippen LogP contribution in [0.2, 0.25) is 0 Å². The number of hydrogen-bond donors (Lipinski definition) is 0. The summed E-state index contributed by atoms with van der Waals surface area (Å²) in [5.74, 6) is 0. The van der Waals surface area contributed by atoms with Crippen molar-refractivity contribution in [2.45, 2.75) is 6.92 Å². The number of hydrogen-bond acceptors (Lipinski definition) is 2. The molecule has 0 N–H and O–H groups in total. The van der Waals surface area contributed by atoms with E-state index in [0.717, 1.165) is 39.0 Å². The number of para-hydroxylation sites is 2. The summed E-state index contributed by atoms with van der Waals surface area (Å²) in [6.07, 6.45) is 4.17. The molecule has 2 nitrogen and oxygen atoms in total. The minimum Gasteiger partial charge on any atom is -0.311 e. The molecule has 0 bridgehead atoms. The van der Waals surface area contributed by atoms with Crippen molar-refractivity contribution in [2.75, 3.05) is 4.90 Å².